The molecular formula is C18H18F6N4O4. The van der Waals surface area contributed by atoms with Crippen molar-refractivity contribution in [3.05, 3.63) is 35.3 Å². The largest absolute Gasteiger partial charge is 0.490 e. The van der Waals surface area contributed by atoms with Crippen molar-refractivity contribution in [1.82, 2.24) is 20.1 Å². The standard InChI is InChI=1S/C16H17F3N4O2.C2HF3O2/c17-16(18,19)9-21-5-1-7-23-14(15(24)25)12-3-2-10-8-20-6-4-11(10)13(12)22-23;3-2(4,5)1(6)7/h4,6,8,21H,1-3,5,7,9H2,(H,24,25);(H,6,7). The van der Waals surface area contributed by atoms with Gasteiger partial charge in [0, 0.05) is 30.1 Å². The van der Waals surface area contributed by atoms with Crippen LogP contribution in [0.25, 0.3) is 11.3 Å². The average molecular weight is 468 g/mol. The lowest BCUT2D eigenvalue weighted by Crippen LogP contribution is -2.30. The molecular weight excluding hydrogens is 450 g/mol. The van der Waals surface area contributed by atoms with Crippen molar-refractivity contribution in [2.75, 3.05) is 13.1 Å². The number of aryl methyl sites for hydroxylation is 2. The molecule has 8 nitrogen and oxygen atoms in total. The molecule has 0 atom stereocenters. The Morgan fingerprint density at radius 1 is 1.12 bits per heavy atom. The quantitative estimate of drug-likeness (QED) is 0.441. The number of hydrogen-bond acceptors (Lipinski definition) is 5. The first-order chi connectivity index (χ1) is 14.8. The van der Waals surface area contributed by atoms with E-state index < -0.39 is 30.8 Å². The normalized spacial score (nSPS) is 12.9. The molecule has 2 aromatic heterocycles. The lowest BCUT2D eigenvalue weighted by atomic mass is 9.90. The maximum absolute atomic E-state index is 12.1. The number of halogens is 6. The molecule has 1 aliphatic rings. The number of aromatic carboxylic acids is 1. The van der Waals surface area contributed by atoms with Gasteiger partial charge in [-0.3, -0.25) is 9.67 Å². The van der Waals surface area contributed by atoms with Gasteiger partial charge in [-0.15, -0.1) is 0 Å². The minimum Gasteiger partial charge on any atom is -0.477 e. The van der Waals surface area contributed by atoms with Gasteiger partial charge in [-0.05, 0) is 37.4 Å². The molecule has 2 aromatic rings. The molecule has 0 bridgehead atoms. The Morgan fingerprint density at radius 2 is 1.78 bits per heavy atom. The highest BCUT2D eigenvalue weighted by atomic mass is 19.4. The number of hydrogen-bond donors (Lipinski definition) is 3. The number of pyridine rings is 1. The predicted molar refractivity (Wildman–Crippen MR) is 97.1 cm³/mol. The highest BCUT2D eigenvalue weighted by molar-refractivity contribution is 5.90. The monoisotopic (exact) mass is 468 g/mol. The molecule has 3 N–H and O–H groups in total. The number of nitrogens with zero attached hydrogens (tertiary/aromatic N) is 3. The molecule has 1 aliphatic carbocycles. The van der Waals surface area contributed by atoms with E-state index in [1.165, 1.54) is 4.68 Å². The maximum Gasteiger partial charge on any atom is 0.490 e. The number of aliphatic carboxylic acids is 1. The number of aromatic nitrogens is 3. The minimum atomic E-state index is -5.08. The zero-order chi connectivity index (χ0) is 24.1. The minimum absolute atomic E-state index is 0.119. The van der Waals surface area contributed by atoms with Crippen LogP contribution in [0.5, 0.6) is 0 Å². The van der Waals surface area contributed by atoms with Gasteiger partial charge in [0.05, 0.1) is 12.2 Å². The maximum atomic E-state index is 12.1. The lowest BCUT2D eigenvalue weighted by molar-refractivity contribution is -0.192. The molecule has 0 aliphatic heterocycles. The van der Waals surface area contributed by atoms with E-state index in [4.69, 9.17) is 9.90 Å². The molecule has 0 amide bonds. The molecule has 2 heterocycles. The third-order valence-electron chi connectivity index (χ3n) is 4.35. The topological polar surface area (TPSA) is 117 Å². The van der Waals surface area contributed by atoms with Crippen LogP contribution in [0.15, 0.2) is 18.5 Å². The SMILES string of the molecule is O=C(O)C(F)(F)F.O=C(O)c1c2c(nn1CCCNCC(F)(F)F)-c1ccncc1CC2. The zero-order valence-electron chi connectivity index (χ0n) is 16.3. The first kappa shape index (κ1) is 25.1. The van der Waals surface area contributed by atoms with Gasteiger partial charge < -0.3 is 15.5 Å². The third-order valence-corrected chi connectivity index (χ3v) is 4.35. The summed E-state index contributed by atoms with van der Waals surface area (Å²) in [6.07, 6.45) is -4.36. The smallest absolute Gasteiger partial charge is 0.477 e. The van der Waals surface area contributed by atoms with Gasteiger partial charge in [-0.1, -0.05) is 0 Å². The number of carbonyl (C=O) groups is 2. The van der Waals surface area contributed by atoms with Crippen LogP contribution in [0.3, 0.4) is 0 Å². The second-order valence-electron chi connectivity index (χ2n) is 6.69. The van der Waals surface area contributed by atoms with Crippen molar-refractivity contribution >= 4 is 11.9 Å². The fourth-order valence-electron chi connectivity index (χ4n) is 3.05. The van der Waals surface area contributed by atoms with Crippen LogP contribution in [0.1, 0.15) is 28.0 Å². The van der Waals surface area contributed by atoms with Crippen molar-refractivity contribution in [1.29, 1.82) is 0 Å². The van der Waals surface area contributed by atoms with Crippen LogP contribution >= 0.6 is 0 Å². The van der Waals surface area contributed by atoms with Crippen LogP contribution in [-0.2, 0) is 24.2 Å². The Balaban J connectivity index is 0.000000451. The average Bonchev–Trinajstić information content (AvgIpc) is 3.05. The van der Waals surface area contributed by atoms with Gasteiger partial charge in [0.15, 0.2) is 0 Å². The summed E-state index contributed by atoms with van der Waals surface area (Å²) < 4.78 is 69.4. The van der Waals surface area contributed by atoms with Crippen molar-refractivity contribution in [2.24, 2.45) is 0 Å². The van der Waals surface area contributed by atoms with E-state index in [1.54, 1.807) is 18.5 Å². The summed E-state index contributed by atoms with van der Waals surface area (Å²) in [5.74, 6) is -3.83. The predicted octanol–water partition coefficient (Wildman–Crippen LogP) is 2.92. The molecule has 0 aromatic carbocycles. The molecule has 176 valence electrons. The van der Waals surface area contributed by atoms with E-state index in [1.807, 2.05) is 0 Å². The summed E-state index contributed by atoms with van der Waals surface area (Å²) in [6.45, 7) is -0.696. The van der Waals surface area contributed by atoms with Crippen molar-refractivity contribution < 1.29 is 46.1 Å². The number of carboxylic acids is 2. The molecule has 32 heavy (non-hydrogen) atoms. The van der Waals surface area contributed by atoms with Crippen LogP contribution in [0.4, 0.5) is 26.3 Å². The van der Waals surface area contributed by atoms with Gasteiger partial charge in [-0.25, -0.2) is 9.59 Å². The Labute approximate surface area is 176 Å². The van der Waals surface area contributed by atoms with Crippen LogP contribution in [0, 0.1) is 0 Å². The number of carboxylic acid groups (broad SMARTS) is 2. The van der Waals surface area contributed by atoms with E-state index in [0.717, 1.165) is 11.1 Å². The highest BCUT2D eigenvalue weighted by Gasteiger charge is 2.38. The number of alkyl halides is 6. The van der Waals surface area contributed by atoms with Gasteiger partial charge in [0.1, 0.15) is 5.69 Å². The fraction of sp³-hybridized carbons (Fsp3) is 0.444. The molecule has 0 radical (unpaired) electrons. The Hall–Kier alpha value is -3.16. The molecule has 0 saturated carbocycles. The fourth-order valence-corrected chi connectivity index (χ4v) is 3.05. The van der Waals surface area contributed by atoms with Crippen molar-refractivity contribution in [3.8, 4) is 11.3 Å². The number of rotatable bonds is 6. The number of nitrogens with one attached hydrogen (secondary N) is 1. The second-order valence-corrected chi connectivity index (χ2v) is 6.69. The van der Waals surface area contributed by atoms with Gasteiger partial charge in [-0.2, -0.15) is 31.4 Å². The summed E-state index contributed by atoms with van der Waals surface area (Å²) in [5, 5.41) is 23.4. The van der Waals surface area contributed by atoms with E-state index in [2.05, 4.69) is 15.4 Å². The Kier molecular flexibility index (Phi) is 7.83. The van der Waals surface area contributed by atoms with Crippen LogP contribution in [0.2, 0.25) is 0 Å². The summed E-state index contributed by atoms with van der Waals surface area (Å²) in [6, 6.07) is 1.81. The molecule has 0 fully saturated rings. The number of fused-ring (bicyclic) bond motifs is 3. The molecule has 0 saturated heterocycles. The Morgan fingerprint density at radius 3 is 2.34 bits per heavy atom. The van der Waals surface area contributed by atoms with Gasteiger partial charge in [0.25, 0.3) is 0 Å². The van der Waals surface area contributed by atoms with E-state index in [-0.39, 0.29) is 18.8 Å². The molecule has 0 spiro atoms. The van der Waals surface area contributed by atoms with Gasteiger partial charge in [0.2, 0.25) is 0 Å². The Bertz CT molecular complexity index is 971. The van der Waals surface area contributed by atoms with Gasteiger partial charge >= 0.3 is 24.3 Å². The summed E-state index contributed by atoms with van der Waals surface area (Å²) in [7, 11) is 0. The van der Waals surface area contributed by atoms with E-state index in [9.17, 15) is 36.2 Å². The van der Waals surface area contributed by atoms with Crippen molar-refractivity contribution in [2.45, 2.75) is 38.2 Å². The highest BCUT2D eigenvalue weighted by Crippen LogP contribution is 2.34. The first-order valence-corrected chi connectivity index (χ1v) is 9.15. The molecule has 14 heteroatoms. The zero-order valence-corrected chi connectivity index (χ0v) is 16.3. The second kappa shape index (κ2) is 9.97. The van der Waals surface area contributed by atoms with E-state index >= 15 is 0 Å². The molecule has 3 rings (SSSR count). The van der Waals surface area contributed by atoms with Crippen LogP contribution < -0.4 is 5.32 Å². The third kappa shape index (κ3) is 6.67. The van der Waals surface area contributed by atoms with Crippen molar-refractivity contribution in [3.63, 3.8) is 0 Å². The summed E-state index contributed by atoms with van der Waals surface area (Å²) in [4.78, 5) is 24.6. The van der Waals surface area contributed by atoms with E-state index in [0.29, 0.717) is 30.5 Å². The summed E-state index contributed by atoms with van der Waals surface area (Å²) in [5.41, 5.74) is 3.31. The first-order valence-electron chi connectivity index (χ1n) is 9.15. The molecule has 0 unspecified atom stereocenters. The lowest BCUT2D eigenvalue weighted by Gasteiger charge is -2.14. The van der Waals surface area contributed by atoms with Crippen LogP contribution in [-0.4, -0.2) is 62.4 Å². The summed E-state index contributed by atoms with van der Waals surface area (Å²) >= 11 is 0.